The highest BCUT2D eigenvalue weighted by Crippen LogP contribution is 2.46. The lowest BCUT2D eigenvalue weighted by molar-refractivity contribution is -0.139. The number of hydrogen-bond donors (Lipinski definition) is 0. The lowest BCUT2D eigenvalue weighted by atomic mass is 9.83. The second-order valence-electron chi connectivity index (χ2n) is 5.38. The third-order valence-corrected chi connectivity index (χ3v) is 3.72. The molecule has 114 valence electrons. The van der Waals surface area contributed by atoms with Crippen LogP contribution in [0.25, 0.3) is 0 Å². The van der Waals surface area contributed by atoms with Crippen molar-refractivity contribution < 1.29 is 23.8 Å². The van der Waals surface area contributed by atoms with Crippen molar-refractivity contribution in [3.05, 3.63) is 34.9 Å². The molecule has 0 saturated heterocycles. The summed E-state index contributed by atoms with van der Waals surface area (Å²) in [6.07, 6.45) is 6.50. The van der Waals surface area contributed by atoms with Crippen LogP contribution in [0.15, 0.2) is 34.9 Å². The van der Waals surface area contributed by atoms with Gasteiger partial charge in [0.1, 0.15) is 11.7 Å². The van der Waals surface area contributed by atoms with Gasteiger partial charge in [0.2, 0.25) is 0 Å². The van der Waals surface area contributed by atoms with Crippen LogP contribution in [0.2, 0.25) is 0 Å². The van der Waals surface area contributed by atoms with Crippen LogP contribution in [-0.4, -0.2) is 37.9 Å². The van der Waals surface area contributed by atoms with Crippen LogP contribution in [0.4, 0.5) is 0 Å². The Labute approximate surface area is 124 Å². The average molecular weight is 292 g/mol. The molecule has 2 heterocycles. The zero-order chi connectivity index (χ0) is 15.6. The van der Waals surface area contributed by atoms with Crippen molar-refractivity contribution in [1.29, 1.82) is 0 Å². The van der Waals surface area contributed by atoms with E-state index in [4.69, 9.17) is 14.2 Å². The number of hydrogen-bond acceptors (Lipinski definition) is 5. The summed E-state index contributed by atoms with van der Waals surface area (Å²) in [5.41, 5.74) is 0.836. The molecule has 2 bridgehead atoms. The molecule has 0 aromatic carbocycles. The van der Waals surface area contributed by atoms with Gasteiger partial charge in [-0.15, -0.1) is 0 Å². The molecule has 0 N–H and O–H groups in total. The van der Waals surface area contributed by atoms with Gasteiger partial charge < -0.3 is 14.2 Å². The summed E-state index contributed by atoms with van der Waals surface area (Å²) in [5.74, 6) is -1.09. The normalized spacial score (nSPS) is 26.0. The Balaban J connectivity index is 2.38. The molecule has 0 spiro atoms. The van der Waals surface area contributed by atoms with Crippen LogP contribution in [0.1, 0.15) is 26.7 Å². The van der Waals surface area contributed by atoms with Gasteiger partial charge in [0.15, 0.2) is 0 Å². The number of methoxy groups -OCH3 is 2. The third-order valence-electron chi connectivity index (χ3n) is 3.72. The van der Waals surface area contributed by atoms with E-state index in [2.05, 4.69) is 6.08 Å². The average Bonchev–Trinajstić information content (AvgIpc) is 3.00. The summed E-state index contributed by atoms with van der Waals surface area (Å²) in [6, 6.07) is 0. The van der Waals surface area contributed by atoms with Gasteiger partial charge in [-0.05, 0) is 32.8 Å². The van der Waals surface area contributed by atoms with Crippen LogP contribution < -0.4 is 0 Å². The SMILES string of the molecule is COC(=O)C1=C(C(=O)OC)C2(CCC=C(C)C)C=CC1O2. The number of carbonyl (C=O) groups is 2. The van der Waals surface area contributed by atoms with Gasteiger partial charge in [0.05, 0.1) is 25.4 Å². The van der Waals surface area contributed by atoms with Crippen molar-refractivity contribution >= 4 is 11.9 Å². The van der Waals surface area contributed by atoms with Crippen LogP contribution in [0.5, 0.6) is 0 Å². The number of rotatable bonds is 5. The topological polar surface area (TPSA) is 61.8 Å². The molecule has 2 aliphatic heterocycles. The molecule has 2 atom stereocenters. The predicted molar refractivity (Wildman–Crippen MR) is 76.5 cm³/mol. The molecular weight excluding hydrogens is 272 g/mol. The van der Waals surface area contributed by atoms with E-state index >= 15 is 0 Å². The fraction of sp³-hybridized carbons (Fsp3) is 0.500. The number of allylic oxidation sites excluding steroid dienone is 2. The number of esters is 2. The Kier molecular flexibility index (Phi) is 4.32. The summed E-state index contributed by atoms with van der Waals surface area (Å²) in [7, 11) is 2.58. The van der Waals surface area contributed by atoms with E-state index < -0.39 is 23.6 Å². The molecule has 0 aromatic rings. The molecule has 2 rings (SSSR count). The Bertz CT molecular complexity index is 551. The predicted octanol–water partition coefficient (Wildman–Crippen LogP) is 2.08. The fourth-order valence-corrected chi connectivity index (χ4v) is 2.77. The maximum Gasteiger partial charge on any atom is 0.337 e. The van der Waals surface area contributed by atoms with Gasteiger partial charge in [-0.25, -0.2) is 9.59 Å². The molecule has 0 amide bonds. The standard InChI is InChI=1S/C16H20O5/c1-10(2)6-5-8-16-9-7-11(21-16)12(14(17)19-3)13(16)15(18)20-4/h6-7,9,11H,5,8H2,1-4H3. The molecule has 2 aliphatic rings. The molecular formula is C16H20O5. The van der Waals surface area contributed by atoms with Crippen LogP contribution >= 0.6 is 0 Å². The summed E-state index contributed by atoms with van der Waals surface area (Å²) < 4.78 is 15.5. The van der Waals surface area contributed by atoms with Crippen LogP contribution in [0.3, 0.4) is 0 Å². The van der Waals surface area contributed by atoms with E-state index in [1.807, 2.05) is 19.9 Å². The minimum Gasteiger partial charge on any atom is -0.466 e. The number of carbonyl (C=O) groups excluding carboxylic acids is 2. The molecule has 21 heavy (non-hydrogen) atoms. The molecule has 2 unspecified atom stereocenters. The Morgan fingerprint density at radius 1 is 1.29 bits per heavy atom. The lowest BCUT2D eigenvalue weighted by Crippen LogP contribution is -2.32. The first-order chi connectivity index (χ1) is 9.95. The molecule has 5 heteroatoms. The van der Waals surface area contributed by atoms with Crippen molar-refractivity contribution in [2.24, 2.45) is 0 Å². The third kappa shape index (κ3) is 2.65. The largest absolute Gasteiger partial charge is 0.466 e. The molecule has 5 nitrogen and oxygen atoms in total. The monoisotopic (exact) mass is 292 g/mol. The molecule has 0 fully saturated rings. The van der Waals surface area contributed by atoms with Crippen molar-refractivity contribution in [2.45, 2.75) is 38.4 Å². The minimum atomic E-state index is -0.882. The molecule has 0 aliphatic carbocycles. The summed E-state index contributed by atoms with van der Waals surface area (Å²) in [5, 5.41) is 0. The second kappa shape index (κ2) is 5.85. The molecule has 0 aromatic heterocycles. The summed E-state index contributed by atoms with van der Waals surface area (Å²) in [4.78, 5) is 24.1. The highest BCUT2D eigenvalue weighted by molar-refractivity contribution is 6.05. The second-order valence-corrected chi connectivity index (χ2v) is 5.38. The maximum atomic E-state index is 12.1. The summed E-state index contributed by atoms with van der Waals surface area (Å²) in [6.45, 7) is 4.02. The van der Waals surface area contributed by atoms with Gasteiger partial charge in [-0.3, -0.25) is 0 Å². The zero-order valence-corrected chi connectivity index (χ0v) is 12.8. The van der Waals surface area contributed by atoms with E-state index in [9.17, 15) is 9.59 Å². The number of fused-ring (bicyclic) bond motifs is 2. The molecule has 0 radical (unpaired) electrons. The van der Waals surface area contributed by atoms with Crippen molar-refractivity contribution in [1.82, 2.24) is 0 Å². The lowest BCUT2D eigenvalue weighted by Gasteiger charge is -2.25. The first kappa shape index (κ1) is 15.5. The van der Waals surface area contributed by atoms with Crippen LogP contribution in [0, 0.1) is 0 Å². The van der Waals surface area contributed by atoms with Crippen LogP contribution in [-0.2, 0) is 23.8 Å². The van der Waals surface area contributed by atoms with Crippen molar-refractivity contribution in [3.8, 4) is 0 Å². The first-order valence-corrected chi connectivity index (χ1v) is 6.87. The Hall–Kier alpha value is -1.88. The summed E-state index contributed by atoms with van der Waals surface area (Å²) >= 11 is 0. The van der Waals surface area contributed by atoms with Gasteiger partial charge in [0, 0.05) is 0 Å². The Morgan fingerprint density at radius 3 is 2.52 bits per heavy atom. The molecule has 0 saturated carbocycles. The van der Waals surface area contributed by atoms with E-state index in [1.54, 1.807) is 6.08 Å². The maximum absolute atomic E-state index is 12.1. The van der Waals surface area contributed by atoms with E-state index in [0.717, 1.165) is 6.42 Å². The van der Waals surface area contributed by atoms with E-state index in [1.165, 1.54) is 19.8 Å². The fourth-order valence-electron chi connectivity index (χ4n) is 2.77. The van der Waals surface area contributed by atoms with Gasteiger partial charge in [-0.1, -0.05) is 17.7 Å². The van der Waals surface area contributed by atoms with Gasteiger partial charge >= 0.3 is 11.9 Å². The van der Waals surface area contributed by atoms with Crippen molar-refractivity contribution in [3.63, 3.8) is 0 Å². The quantitative estimate of drug-likeness (QED) is 0.573. The number of ether oxygens (including phenoxy) is 3. The highest BCUT2D eigenvalue weighted by atomic mass is 16.6. The smallest absolute Gasteiger partial charge is 0.337 e. The van der Waals surface area contributed by atoms with Crippen molar-refractivity contribution in [2.75, 3.05) is 14.2 Å². The highest BCUT2D eigenvalue weighted by Gasteiger charge is 2.53. The van der Waals surface area contributed by atoms with Gasteiger partial charge in [-0.2, -0.15) is 0 Å². The Morgan fingerprint density at radius 2 is 1.95 bits per heavy atom. The zero-order valence-electron chi connectivity index (χ0n) is 12.8. The van der Waals surface area contributed by atoms with E-state index in [-0.39, 0.29) is 11.1 Å². The van der Waals surface area contributed by atoms with E-state index in [0.29, 0.717) is 6.42 Å². The minimum absolute atomic E-state index is 0.254. The first-order valence-electron chi connectivity index (χ1n) is 6.87. The van der Waals surface area contributed by atoms with Gasteiger partial charge in [0.25, 0.3) is 0 Å².